The number of methoxy groups -OCH3 is 1. The topological polar surface area (TPSA) is 51.2 Å². The van der Waals surface area contributed by atoms with E-state index in [-0.39, 0.29) is 5.91 Å². The Morgan fingerprint density at radius 2 is 2.19 bits per heavy atom. The molecule has 1 aromatic carbocycles. The zero-order valence-corrected chi connectivity index (χ0v) is 12.8. The van der Waals surface area contributed by atoms with Crippen LogP contribution in [0.1, 0.15) is 21.6 Å². The maximum atomic E-state index is 11.9. The molecule has 0 aliphatic rings. The standard InChI is InChI=1S/C16H17ClN2O2/c1-11-9-15(21-2)13(17)10-12(11)6-8-19-16(20)14-5-3-4-7-18-14/h3-5,7,9-10H,6,8H2,1-2H3,(H,19,20). The average molecular weight is 305 g/mol. The number of aryl methyl sites for hydroxylation is 1. The van der Waals surface area contributed by atoms with E-state index >= 15 is 0 Å². The van der Waals surface area contributed by atoms with Crippen LogP contribution in [-0.4, -0.2) is 24.5 Å². The second-order valence-corrected chi connectivity index (χ2v) is 5.04. The van der Waals surface area contributed by atoms with Crippen molar-refractivity contribution in [3.05, 3.63) is 58.4 Å². The summed E-state index contributed by atoms with van der Waals surface area (Å²) in [5, 5.41) is 3.42. The molecule has 0 radical (unpaired) electrons. The summed E-state index contributed by atoms with van der Waals surface area (Å²) < 4.78 is 5.17. The van der Waals surface area contributed by atoms with Gasteiger partial charge < -0.3 is 10.1 Å². The number of pyridine rings is 1. The summed E-state index contributed by atoms with van der Waals surface area (Å²) in [4.78, 5) is 15.9. The first-order valence-corrected chi connectivity index (χ1v) is 7.02. The molecule has 0 bridgehead atoms. The van der Waals surface area contributed by atoms with Gasteiger partial charge in [-0.2, -0.15) is 0 Å². The van der Waals surface area contributed by atoms with Gasteiger partial charge in [-0.05, 0) is 48.7 Å². The molecule has 0 fully saturated rings. The highest BCUT2D eigenvalue weighted by Crippen LogP contribution is 2.27. The van der Waals surface area contributed by atoms with Crippen molar-refractivity contribution < 1.29 is 9.53 Å². The van der Waals surface area contributed by atoms with Gasteiger partial charge >= 0.3 is 0 Å². The first-order valence-electron chi connectivity index (χ1n) is 6.64. The summed E-state index contributed by atoms with van der Waals surface area (Å²) in [7, 11) is 1.59. The van der Waals surface area contributed by atoms with Gasteiger partial charge in [-0.1, -0.05) is 17.7 Å². The lowest BCUT2D eigenvalue weighted by atomic mass is 10.1. The minimum absolute atomic E-state index is 0.173. The Hall–Kier alpha value is -2.07. The quantitative estimate of drug-likeness (QED) is 0.924. The summed E-state index contributed by atoms with van der Waals surface area (Å²) in [6.07, 6.45) is 2.30. The molecule has 2 aromatic rings. The molecule has 0 spiro atoms. The molecule has 0 unspecified atom stereocenters. The number of benzene rings is 1. The fourth-order valence-corrected chi connectivity index (χ4v) is 2.28. The smallest absolute Gasteiger partial charge is 0.269 e. The van der Waals surface area contributed by atoms with E-state index < -0.39 is 0 Å². The summed E-state index contributed by atoms with van der Waals surface area (Å²) >= 11 is 6.12. The van der Waals surface area contributed by atoms with E-state index in [4.69, 9.17) is 16.3 Å². The van der Waals surface area contributed by atoms with Crippen molar-refractivity contribution in [2.24, 2.45) is 0 Å². The Labute approximate surface area is 129 Å². The molecule has 1 N–H and O–H groups in total. The molecular weight excluding hydrogens is 288 g/mol. The Morgan fingerprint density at radius 3 is 2.86 bits per heavy atom. The number of nitrogens with zero attached hydrogens (tertiary/aromatic N) is 1. The van der Waals surface area contributed by atoms with E-state index in [0.29, 0.717) is 29.4 Å². The molecule has 0 saturated heterocycles. The number of hydrogen-bond donors (Lipinski definition) is 1. The van der Waals surface area contributed by atoms with Gasteiger partial charge in [-0.25, -0.2) is 0 Å². The van der Waals surface area contributed by atoms with Crippen LogP contribution in [0.3, 0.4) is 0 Å². The first kappa shape index (κ1) is 15.3. The van der Waals surface area contributed by atoms with E-state index in [0.717, 1.165) is 11.1 Å². The number of amides is 1. The zero-order valence-electron chi connectivity index (χ0n) is 12.0. The Balaban J connectivity index is 1.95. The van der Waals surface area contributed by atoms with Crippen LogP contribution in [0, 0.1) is 6.92 Å². The summed E-state index contributed by atoms with van der Waals surface area (Å²) in [5.41, 5.74) is 2.59. The summed E-state index contributed by atoms with van der Waals surface area (Å²) in [6, 6.07) is 9.03. The molecule has 1 aromatic heterocycles. The zero-order chi connectivity index (χ0) is 15.2. The third-order valence-electron chi connectivity index (χ3n) is 3.19. The van der Waals surface area contributed by atoms with Crippen LogP contribution in [0.15, 0.2) is 36.5 Å². The monoisotopic (exact) mass is 304 g/mol. The Bertz CT molecular complexity index is 630. The van der Waals surface area contributed by atoms with E-state index in [1.807, 2.05) is 19.1 Å². The molecule has 0 atom stereocenters. The lowest BCUT2D eigenvalue weighted by Crippen LogP contribution is -2.26. The highest BCUT2D eigenvalue weighted by Gasteiger charge is 2.08. The van der Waals surface area contributed by atoms with Crippen molar-refractivity contribution in [3.8, 4) is 5.75 Å². The number of nitrogens with one attached hydrogen (secondary N) is 1. The molecule has 110 valence electrons. The van der Waals surface area contributed by atoms with Gasteiger partial charge in [0.15, 0.2) is 0 Å². The maximum absolute atomic E-state index is 11.9. The predicted molar refractivity (Wildman–Crippen MR) is 83.0 cm³/mol. The van der Waals surface area contributed by atoms with Crippen LogP contribution >= 0.6 is 11.6 Å². The lowest BCUT2D eigenvalue weighted by Gasteiger charge is -2.11. The number of carbonyl (C=O) groups excluding carboxylic acids is 1. The van der Waals surface area contributed by atoms with Gasteiger partial charge in [0.1, 0.15) is 11.4 Å². The minimum Gasteiger partial charge on any atom is -0.495 e. The highest BCUT2D eigenvalue weighted by atomic mass is 35.5. The van der Waals surface area contributed by atoms with Gasteiger partial charge in [0, 0.05) is 12.7 Å². The second kappa shape index (κ2) is 7.09. The van der Waals surface area contributed by atoms with Gasteiger partial charge in [0.25, 0.3) is 5.91 Å². The van der Waals surface area contributed by atoms with E-state index in [1.54, 1.807) is 31.5 Å². The van der Waals surface area contributed by atoms with Crippen LogP contribution < -0.4 is 10.1 Å². The number of aromatic nitrogens is 1. The van der Waals surface area contributed by atoms with Crippen molar-refractivity contribution in [1.29, 1.82) is 0 Å². The van der Waals surface area contributed by atoms with Crippen molar-refractivity contribution in [3.63, 3.8) is 0 Å². The van der Waals surface area contributed by atoms with Crippen LogP contribution in [0.5, 0.6) is 5.75 Å². The molecule has 0 saturated carbocycles. The van der Waals surface area contributed by atoms with Crippen LogP contribution in [0.4, 0.5) is 0 Å². The molecule has 2 rings (SSSR count). The van der Waals surface area contributed by atoms with Gasteiger partial charge in [-0.3, -0.25) is 9.78 Å². The van der Waals surface area contributed by atoms with Crippen molar-refractivity contribution in [2.75, 3.05) is 13.7 Å². The molecule has 21 heavy (non-hydrogen) atoms. The Morgan fingerprint density at radius 1 is 1.38 bits per heavy atom. The van der Waals surface area contributed by atoms with Gasteiger partial charge in [0.05, 0.1) is 12.1 Å². The average Bonchev–Trinajstić information content (AvgIpc) is 2.51. The molecular formula is C16H17ClN2O2. The van der Waals surface area contributed by atoms with Crippen LogP contribution in [0.2, 0.25) is 5.02 Å². The van der Waals surface area contributed by atoms with Gasteiger partial charge in [-0.15, -0.1) is 0 Å². The number of halogens is 1. The predicted octanol–water partition coefficient (Wildman–Crippen LogP) is 3.02. The minimum atomic E-state index is -0.173. The second-order valence-electron chi connectivity index (χ2n) is 4.63. The molecule has 4 nitrogen and oxygen atoms in total. The van der Waals surface area contributed by atoms with E-state index in [1.165, 1.54) is 0 Å². The van der Waals surface area contributed by atoms with Gasteiger partial charge in [0.2, 0.25) is 0 Å². The molecule has 1 amide bonds. The van der Waals surface area contributed by atoms with Crippen molar-refractivity contribution >= 4 is 17.5 Å². The normalized spacial score (nSPS) is 10.2. The van der Waals surface area contributed by atoms with E-state index in [9.17, 15) is 4.79 Å². The summed E-state index contributed by atoms with van der Waals surface area (Å²) in [5.74, 6) is 0.489. The third-order valence-corrected chi connectivity index (χ3v) is 3.48. The number of hydrogen-bond acceptors (Lipinski definition) is 3. The molecule has 5 heteroatoms. The number of carbonyl (C=O) groups is 1. The number of ether oxygens (including phenoxy) is 1. The third kappa shape index (κ3) is 3.95. The largest absolute Gasteiger partial charge is 0.495 e. The van der Waals surface area contributed by atoms with E-state index in [2.05, 4.69) is 10.3 Å². The fraction of sp³-hybridized carbons (Fsp3) is 0.250. The summed E-state index contributed by atoms with van der Waals surface area (Å²) in [6.45, 7) is 2.52. The fourth-order valence-electron chi connectivity index (χ4n) is 2.02. The van der Waals surface area contributed by atoms with Crippen LogP contribution in [0.25, 0.3) is 0 Å². The van der Waals surface area contributed by atoms with Crippen molar-refractivity contribution in [1.82, 2.24) is 10.3 Å². The Kier molecular flexibility index (Phi) is 5.17. The molecule has 1 heterocycles. The highest BCUT2D eigenvalue weighted by molar-refractivity contribution is 6.32. The van der Waals surface area contributed by atoms with Crippen molar-refractivity contribution in [2.45, 2.75) is 13.3 Å². The lowest BCUT2D eigenvalue weighted by molar-refractivity contribution is 0.0949. The molecule has 0 aliphatic carbocycles. The molecule has 0 aliphatic heterocycles. The number of rotatable bonds is 5. The SMILES string of the molecule is COc1cc(C)c(CCNC(=O)c2ccccn2)cc1Cl. The first-order chi connectivity index (χ1) is 10.1. The maximum Gasteiger partial charge on any atom is 0.269 e. The van der Waals surface area contributed by atoms with Crippen LogP contribution in [-0.2, 0) is 6.42 Å².